The van der Waals surface area contributed by atoms with Crippen LogP contribution in [0.3, 0.4) is 0 Å². The first-order chi connectivity index (χ1) is 14.5. The highest BCUT2D eigenvalue weighted by atomic mass is 32.2. The van der Waals surface area contributed by atoms with Gasteiger partial charge in [-0.05, 0) is 37.0 Å². The zero-order valence-electron chi connectivity index (χ0n) is 16.9. The van der Waals surface area contributed by atoms with Crippen molar-refractivity contribution in [1.82, 2.24) is 9.97 Å². The summed E-state index contributed by atoms with van der Waals surface area (Å²) >= 11 is 1.55. The van der Waals surface area contributed by atoms with Crippen LogP contribution in [0.1, 0.15) is 56.6 Å². The Morgan fingerprint density at radius 2 is 2.07 bits per heavy atom. The lowest BCUT2D eigenvalue weighted by Crippen LogP contribution is -2.32. The fourth-order valence-corrected chi connectivity index (χ4v) is 5.04. The highest BCUT2D eigenvalue weighted by molar-refractivity contribution is 7.99. The van der Waals surface area contributed by atoms with E-state index in [4.69, 9.17) is 14.5 Å². The van der Waals surface area contributed by atoms with Crippen molar-refractivity contribution in [3.63, 3.8) is 0 Å². The number of anilines is 1. The van der Waals surface area contributed by atoms with E-state index in [1.807, 2.05) is 18.2 Å². The third kappa shape index (κ3) is 3.19. The number of carbonyl (C=O) groups is 1. The van der Waals surface area contributed by atoms with Gasteiger partial charge in [0.1, 0.15) is 5.82 Å². The van der Waals surface area contributed by atoms with Gasteiger partial charge in [0.25, 0.3) is 5.56 Å². The zero-order chi connectivity index (χ0) is 20.8. The Hall–Kier alpha value is -2.74. The molecule has 1 aliphatic carbocycles. The average Bonchev–Trinajstić information content (AvgIpc) is 3.20. The Bertz CT molecular complexity index is 1120. The predicted octanol–water partition coefficient (Wildman–Crippen LogP) is 3.95. The van der Waals surface area contributed by atoms with E-state index in [1.54, 1.807) is 11.8 Å². The van der Waals surface area contributed by atoms with Gasteiger partial charge in [-0.2, -0.15) is 0 Å². The molecule has 0 bridgehead atoms. The lowest BCUT2D eigenvalue weighted by Gasteiger charge is -2.32. The predicted molar refractivity (Wildman–Crippen MR) is 114 cm³/mol. The van der Waals surface area contributed by atoms with Crippen molar-refractivity contribution in [2.24, 2.45) is 0 Å². The number of ether oxygens (including phenoxy) is 2. The number of nitrogens with zero attached hydrogens (tertiary/aromatic N) is 1. The number of Topliss-reactive ketones (excluding diaryl/α,β-unsaturated/α-hetero) is 1. The number of aromatic amines is 1. The Morgan fingerprint density at radius 3 is 2.90 bits per heavy atom. The minimum atomic E-state index is -0.475. The topological polar surface area (TPSA) is 93.3 Å². The molecule has 8 heteroatoms. The molecule has 1 aromatic carbocycles. The van der Waals surface area contributed by atoms with Gasteiger partial charge in [0, 0.05) is 28.9 Å². The minimum absolute atomic E-state index is 0.0783. The van der Waals surface area contributed by atoms with Crippen LogP contribution in [0.5, 0.6) is 11.5 Å². The van der Waals surface area contributed by atoms with Crippen molar-refractivity contribution in [3.05, 3.63) is 50.9 Å². The molecule has 3 heterocycles. The molecule has 2 atom stereocenters. The summed E-state index contributed by atoms with van der Waals surface area (Å²) in [6.07, 6.45) is 3.03. The molecule has 3 aliphatic rings. The number of H-pyrrole nitrogens is 1. The van der Waals surface area contributed by atoms with E-state index < -0.39 is 5.92 Å². The number of aromatic nitrogens is 2. The first-order valence-electron chi connectivity index (χ1n) is 10.3. The van der Waals surface area contributed by atoms with Crippen LogP contribution in [0.2, 0.25) is 0 Å². The van der Waals surface area contributed by atoms with Crippen molar-refractivity contribution in [2.45, 2.75) is 55.9 Å². The lowest BCUT2D eigenvalue weighted by molar-refractivity contribution is -0.116. The Labute approximate surface area is 178 Å². The Morgan fingerprint density at radius 1 is 1.23 bits per heavy atom. The monoisotopic (exact) mass is 425 g/mol. The summed E-state index contributed by atoms with van der Waals surface area (Å²) in [6.45, 7) is 4.38. The molecule has 0 saturated heterocycles. The molecule has 1 aromatic heterocycles. The first-order valence-corrected chi connectivity index (χ1v) is 11.2. The molecule has 2 aliphatic heterocycles. The number of thioether (sulfide) groups is 1. The summed E-state index contributed by atoms with van der Waals surface area (Å²) in [7, 11) is 0. The van der Waals surface area contributed by atoms with Crippen molar-refractivity contribution in [1.29, 1.82) is 0 Å². The third-order valence-electron chi connectivity index (χ3n) is 5.85. The van der Waals surface area contributed by atoms with E-state index in [2.05, 4.69) is 24.1 Å². The lowest BCUT2D eigenvalue weighted by atomic mass is 9.76. The molecule has 30 heavy (non-hydrogen) atoms. The molecule has 0 unspecified atom stereocenters. The van der Waals surface area contributed by atoms with Gasteiger partial charge in [-0.15, -0.1) is 0 Å². The van der Waals surface area contributed by atoms with E-state index in [0.717, 1.165) is 30.5 Å². The van der Waals surface area contributed by atoms with Gasteiger partial charge >= 0.3 is 0 Å². The maximum Gasteiger partial charge on any atom is 0.257 e. The summed E-state index contributed by atoms with van der Waals surface area (Å²) in [5.74, 6) is 1.45. The van der Waals surface area contributed by atoms with Gasteiger partial charge < -0.3 is 19.8 Å². The van der Waals surface area contributed by atoms with Gasteiger partial charge in [0.05, 0.1) is 5.56 Å². The Balaban J connectivity index is 1.67. The Kier molecular flexibility index (Phi) is 4.81. The van der Waals surface area contributed by atoms with E-state index in [0.29, 0.717) is 45.3 Å². The van der Waals surface area contributed by atoms with Crippen LogP contribution in [0.4, 0.5) is 5.82 Å². The minimum Gasteiger partial charge on any atom is -0.454 e. The number of hydrogen-bond donors (Lipinski definition) is 2. The summed E-state index contributed by atoms with van der Waals surface area (Å²) < 4.78 is 11.0. The third-order valence-corrected chi connectivity index (χ3v) is 7.01. The number of carbonyl (C=O) groups excluding carboxylic acids is 1. The maximum atomic E-state index is 13.2. The molecule has 7 nitrogen and oxygen atoms in total. The molecule has 2 aromatic rings. The number of ketones is 1. The molecular weight excluding hydrogens is 402 g/mol. The number of rotatable bonds is 4. The van der Waals surface area contributed by atoms with Crippen LogP contribution < -0.4 is 20.3 Å². The van der Waals surface area contributed by atoms with E-state index in [9.17, 15) is 9.59 Å². The average molecular weight is 426 g/mol. The van der Waals surface area contributed by atoms with Gasteiger partial charge in [-0.1, -0.05) is 31.7 Å². The number of nitrogens with one attached hydrogen (secondary N) is 2. The second-order valence-corrected chi connectivity index (χ2v) is 9.24. The highest BCUT2D eigenvalue weighted by Gasteiger charge is 2.38. The molecule has 5 rings (SSSR count). The molecule has 2 N–H and O–H groups in total. The summed E-state index contributed by atoms with van der Waals surface area (Å²) in [4.78, 5) is 33.8. The van der Waals surface area contributed by atoms with Crippen molar-refractivity contribution in [2.75, 3.05) is 12.1 Å². The van der Waals surface area contributed by atoms with E-state index in [1.165, 1.54) is 0 Å². The summed E-state index contributed by atoms with van der Waals surface area (Å²) in [5.41, 5.74) is 2.64. The maximum absolute atomic E-state index is 13.2. The van der Waals surface area contributed by atoms with E-state index in [-0.39, 0.29) is 18.1 Å². The fourth-order valence-electron chi connectivity index (χ4n) is 4.20. The largest absolute Gasteiger partial charge is 0.454 e. The number of hydrogen-bond acceptors (Lipinski definition) is 7. The van der Waals surface area contributed by atoms with Gasteiger partial charge in [0.2, 0.25) is 6.79 Å². The molecule has 0 spiro atoms. The van der Waals surface area contributed by atoms with Crippen LogP contribution in [-0.2, 0) is 4.79 Å². The molecule has 0 saturated carbocycles. The molecular formula is C22H23N3O4S. The number of benzene rings is 1. The number of fused-ring (bicyclic) bond motifs is 2. The van der Waals surface area contributed by atoms with Crippen LogP contribution in [0.25, 0.3) is 0 Å². The standard InChI is InChI=1S/C22H23N3O4S/c1-3-11(2)30-22-24-20-19(21(27)25-22)17(18-13(23-20)5-4-6-14(18)26)12-7-8-15-16(9-12)29-10-28-15/h7-9,11,17H,3-6,10H2,1-2H3,(H2,23,24,25,27)/t11-,17+/m1/s1. The molecule has 0 fully saturated rings. The van der Waals surface area contributed by atoms with Crippen molar-refractivity contribution >= 4 is 23.4 Å². The quantitative estimate of drug-likeness (QED) is 0.566. The second-order valence-electron chi connectivity index (χ2n) is 7.81. The van der Waals surface area contributed by atoms with Crippen LogP contribution in [0, 0.1) is 0 Å². The zero-order valence-corrected chi connectivity index (χ0v) is 17.7. The van der Waals surface area contributed by atoms with Crippen LogP contribution in [0.15, 0.2) is 39.4 Å². The van der Waals surface area contributed by atoms with Crippen molar-refractivity contribution in [3.8, 4) is 11.5 Å². The molecule has 156 valence electrons. The SMILES string of the molecule is CC[C@@H](C)Sc1nc2c(c(=O)[nH]1)[C@@H](c1ccc3c(c1)OCO3)C1=C(CCCC1=O)N2. The van der Waals surface area contributed by atoms with Gasteiger partial charge in [-0.3, -0.25) is 9.59 Å². The number of allylic oxidation sites excluding steroid dienone is 2. The first kappa shape index (κ1) is 19.2. The normalized spacial score (nSPS) is 20.5. The second kappa shape index (κ2) is 7.50. The highest BCUT2D eigenvalue weighted by Crippen LogP contribution is 2.45. The van der Waals surface area contributed by atoms with Crippen LogP contribution in [-0.4, -0.2) is 27.8 Å². The smallest absolute Gasteiger partial charge is 0.257 e. The van der Waals surface area contributed by atoms with Crippen molar-refractivity contribution < 1.29 is 14.3 Å². The van der Waals surface area contributed by atoms with Gasteiger partial charge in [0.15, 0.2) is 22.4 Å². The van der Waals surface area contributed by atoms with Crippen LogP contribution >= 0.6 is 11.8 Å². The van der Waals surface area contributed by atoms with E-state index >= 15 is 0 Å². The summed E-state index contributed by atoms with van der Waals surface area (Å²) in [6, 6.07) is 5.61. The summed E-state index contributed by atoms with van der Waals surface area (Å²) in [5, 5.41) is 4.24. The molecule has 0 amide bonds. The fraction of sp³-hybridized carbons (Fsp3) is 0.409. The molecule has 0 radical (unpaired) electrons. The van der Waals surface area contributed by atoms with Gasteiger partial charge in [-0.25, -0.2) is 4.98 Å².